The monoisotopic (exact) mass is 371 g/mol. The van der Waals surface area contributed by atoms with E-state index in [1.165, 1.54) is 16.9 Å². The van der Waals surface area contributed by atoms with Crippen molar-refractivity contribution >= 4 is 27.9 Å². The minimum Gasteiger partial charge on any atom is -0.484 e. The summed E-state index contributed by atoms with van der Waals surface area (Å²) >= 11 is 1.42. The van der Waals surface area contributed by atoms with Crippen molar-refractivity contribution in [2.75, 3.05) is 11.9 Å². The van der Waals surface area contributed by atoms with E-state index in [2.05, 4.69) is 17.2 Å². The molecule has 7 heteroatoms. The minimum atomic E-state index is -0.389. The lowest BCUT2D eigenvalue weighted by molar-refractivity contribution is -0.118. The van der Waals surface area contributed by atoms with Crippen LogP contribution in [0.4, 0.5) is 5.69 Å². The van der Waals surface area contributed by atoms with Gasteiger partial charge >= 0.3 is 0 Å². The molecule has 1 N–H and O–H groups in total. The molecule has 1 aromatic carbocycles. The second-order valence-corrected chi connectivity index (χ2v) is 6.75. The number of fused-ring (bicyclic) bond motifs is 1. The number of aromatic nitrogens is 2. The maximum absolute atomic E-state index is 12.7. The van der Waals surface area contributed by atoms with Crippen LogP contribution in [0.15, 0.2) is 34.4 Å². The molecule has 3 aromatic rings. The van der Waals surface area contributed by atoms with Gasteiger partial charge < -0.3 is 10.1 Å². The molecule has 0 fully saturated rings. The summed E-state index contributed by atoms with van der Waals surface area (Å²) in [6, 6.07) is 7.59. The molecule has 0 unspecified atom stereocenters. The van der Waals surface area contributed by atoms with Crippen LogP contribution in [0.2, 0.25) is 0 Å². The highest BCUT2D eigenvalue weighted by Crippen LogP contribution is 2.17. The number of anilines is 1. The number of benzene rings is 1. The number of amides is 1. The summed E-state index contributed by atoms with van der Waals surface area (Å²) in [7, 11) is 0. The Morgan fingerprint density at radius 3 is 2.62 bits per heavy atom. The lowest BCUT2D eigenvalue weighted by atomic mass is 10.2. The van der Waals surface area contributed by atoms with Crippen molar-refractivity contribution in [3.8, 4) is 5.75 Å². The molecule has 2 heterocycles. The van der Waals surface area contributed by atoms with Crippen LogP contribution in [0, 0.1) is 6.92 Å². The normalized spacial score (nSPS) is 10.9. The fraction of sp³-hybridized carbons (Fsp3) is 0.316. The Bertz CT molecular complexity index is 990. The molecule has 0 radical (unpaired) electrons. The average molecular weight is 371 g/mol. The quantitative estimate of drug-likeness (QED) is 0.722. The Labute approximate surface area is 155 Å². The van der Waals surface area contributed by atoms with Crippen molar-refractivity contribution in [2.45, 2.75) is 33.6 Å². The van der Waals surface area contributed by atoms with Crippen LogP contribution in [-0.4, -0.2) is 21.9 Å². The SMILES string of the molecule is CCc1ccc(OCC(=O)Nc2c(C)nc3scc(CC)n3c2=O)cc1. The molecule has 6 nitrogen and oxygen atoms in total. The van der Waals surface area contributed by atoms with Crippen molar-refractivity contribution in [2.24, 2.45) is 0 Å². The van der Waals surface area contributed by atoms with E-state index in [4.69, 9.17) is 4.74 Å². The summed E-state index contributed by atoms with van der Waals surface area (Å²) < 4.78 is 7.05. The van der Waals surface area contributed by atoms with Gasteiger partial charge in [-0.05, 0) is 37.5 Å². The van der Waals surface area contributed by atoms with E-state index < -0.39 is 0 Å². The number of carbonyl (C=O) groups excluding carboxylic acids is 1. The van der Waals surface area contributed by atoms with E-state index in [9.17, 15) is 9.59 Å². The summed E-state index contributed by atoms with van der Waals surface area (Å²) in [4.78, 5) is 30.0. The molecule has 136 valence electrons. The summed E-state index contributed by atoms with van der Waals surface area (Å²) in [6.07, 6.45) is 1.66. The van der Waals surface area contributed by atoms with Crippen LogP contribution >= 0.6 is 11.3 Å². The van der Waals surface area contributed by atoms with Gasteiger partial charge in [0.15, 0.2) is 11.6 Å². The predicted molar refractivity (Wildman–Crippen MR) is 103 cm³/mol. The fourth-order valence-electron chi connectivity index (χ4n) is 2.64. The number of hydrogen-bond donors (Lipinski definition) is 1. The number of nitrogens with one attached hydrogen (secondary N) is 1. The van der Waals surface area contributed by atoms with E-state index in [-0.39, 0.29) is 23.8 Å². The third kappa shape index (κ3) is 3.62. The molecular weight excluding hydrogens is 350 g/mol. The highest BCUT2D eigenvalue weighted by Gasteiger charge is 2.16. The number of ether oxygens (including phenoxy) is 1. The van der Waals surface area contributed by atoms with E-state index in [1.54, 1.807) is 11.3 Å². The molecule has 2 aromatic heterocycles. The zero-order valence-electron chi connectivity index (χ0n) is 15.0. The zero-order chi connectivity index (χ0) is 18.7. The van der Waals surface area contributed by atoms with Gasteiger partial charge in [0.2, 0.25) is 0 Å². The van der Waals surface area contributed by atoms with Gasteiger partial charge in [0, 0.05) is 11.1 Å². The van der Waals surface area contributed by atoms with Crippen molar-refractivity contribution in [3.63, 3.8) is 0 Å². The van der Waals surface area contributed by atoms with Crippen molar-refractivity contribution in [1.82, 2.24) is 9.38 Å². The zero-order valence-corrected chi connectivity index (χ0v) is 15.9. The summed E-state index contributed by atoms with van der Waals surface area (Å²) in [6.45, 7) is 5.60. The first-order valence-electron chi connectivity index (χ1n) is 8.54. The average Bonchev–Trinajstić information content (AvgIpc) is 3.06. The van der Waals surface area contributed by atoms with E-state index in [0.29, 0.717) is 16.4 Å². The third-order valence-corrected chi connectivity index (χ3v) is 5.02. The second kappa shape index (κ2) is 7.70. The molecule has 0 spiro atoms. The van der Waals surface area contributed by atoms with Crippen LogP contribution in [0.5, 0.6) is 5.75 Å². The van der Waals surface area contributed by atoms with E-state index in [1.807, 2.05) is 36.6 Å². The number of hydrogen-bond acceptors (Lipinski definition) is 5. The van der Waals surface area contributed by atoms with Crippen molar-refractivity contribution < 1.29 is 9.53 Å². The number of rotatable bonds is 6. The van der Waals surface area contributed by atoms with Crippen LogP contribution in [0.1, 0.15) is 30.8 Å². The van der Waals surface area contributed by atoms with Gasteiger partial charge in [0.1, 0.15) is 11.4 Å². The Morgan fingerprint density at radius 2 is 1.96 bits per heavy atom. The predicted octanol–water partition coefficient (Wildman–Crippen LogP) is 3.21. The highest BCUT2D eigenvalue weighted by atomic mass is 32.1. The van der Waals surface area contributed by atoms with Crippen molar-refractivity contribution in [3.05, 3.63) is 57.0 Å². The topological polar surface area (TPSA) is 72.7 Å². The standard InChI is InChI=1S/C19H21N3O3S/c1-4-13-6-8-15(9-7-13)25-10-16(23)21-17-12(3)20-19-22(18(17)24)14(5-2)11-26-19/h6-9,11H,4-5,10H2,1-3H3,(H,21,23). The first kappa shape index (κ1) is 18.1. The van der Waals surface area contributed by atoms with Crippen LogP contribution in [-0.2, 0) is 17.6 Å². The number of aryl methyl sites for hydroxylation is 3. The molecule has 0 bridgehead atoms. The highest BCUT2D eigenvalue weighted by molar-refractivity contribution is 7.15. The van der Waals surface area contributed by atoms with Gasteiger partial charge in [-0.2, -0.15) is 0 Å². The molecule has 3 rings (SSSR count). The molecule has 0 atom stereocenters. The van der Waals surface area contributed by atoms with Gasteiger partial charge in [-0.25, -0.2) is 4.98 Å². The Balaban J connectivity index is 1.75. The van der Waals surface area contributed by atoms with Gasteiger partial charge in [-0.3, -0.25) is 14.0 Å². The first-order chi connectivity index (χ1) is 12.5. The number of carbonyl (C=O) groups is 1. The first-order valence-corrected chi connectivity index (χ1v) is 9.42. The van der Waals surface area contributed by atoms with Crippen LogP contribution < -0.4 is 15.6 Å². The van der Waals surface area contributed by atoms with Gasteiger partial charge in [-0.1, -0.05) is 26.0 Å². The molecule has 26 heavy (non-hydrogen) atoms. The number of nitrogens with zero attached hydrogens (tertiary/aromatic N) is 2. The smallest absolute Gasteiger partial charge is 0.282 e. The molecule has 0 aliphatic carbocycles. The van der Waals surface area contributed by atoms with Crippen LogP contribution in [0.25, 0.3) is 4.96 Å². The number of thiazole rings is 1. The largest absolute Gasteiger partial charge is 0.484 e. The van der Waals surface area contributed by atoms with E-state index >= 15 is 0 Å². The Kier molecular flexibility index (Phi) is 5.37. The van der Waals surface area contributed by atoms with Crippen LogP contribution in [0.3, 0.4) is 0 Å². The third-order valence-electron chi connectivity index (χ3n) is 4.15. The summed E-state index contributed by atoms with van der Waals surface area (Å²) in [5, 5.41) is 4.56. The van der Waals surface area contributed by atoms with Gasteiger partial charge in [0.05, 0.1) is 5.69 Å². The fourth-order valence-corrected chi connectivity index (χ4v) is 3.65. The summed E-state index contributed by atoms with van der Waals surface area (Å²) in [5.74, 6) is 0.227. The maximum atomic E-state index is 12.7. The molecule has 0 saturated carbocycles. The molecule has 0 aliphatic rings. The molecular formula is C19H21N3O3S. The molecule has 0 aliphatic heterocycles. The lowest BCUT2D eigenvalue weighted by Gasteiger charge is -2.10. The maximum Gasteiger partial charge on any atom is 0.282 e. The van der Waals surface area contributed by atoms with Gasteiger partial charge in [-0.15, -0.1) is 11.3 Å². The lowest BCUT2D eigenvalue weighted by Crippen LogP contribution is -2.28. The van der Waals surface area contributed by atoms with Crippen molar-refractivity contribution in [1.29, 1.82) is 0 Å². The molecule has 0 saturated heterocycles. The Hall–Kier alpha value is -2.67. The summed E-state index contributed by atoms with van der Waals surface area (Å²) in [5.41, 5.74) is 2.52. The Morgan fingerprint density at radius 1 is 1.23 bits per heavy atom. The van der Waals surface area contributed by atoms with Gasteiger partial charge in [0.25, 0.3) is 11.5 Å². The van der Waals surface area contributed by atoms with E-state index in [0.717, 1.165) is 18.5 Å². The minimum absolute atomic E-state index is 0.169. The molecule has 1 amide bonds. The second-order valence-electron chi connectivity index (χ2n) is 5.91.